The quantitative estimate of drug-likeness (QED) is 0.718. The van der Waals surface area contributed by atoms with Gasteiger partial charge in [0.05, 0.1) is 0 Å². The molecule has 2 nitrogen and oxygen atoms in total. The summed E-state index contributed by atoms with van der Waals surface area (Å²) in [6, 6.07) is 12.1. The molecule has 0 fully saturated rings. The minimum Gasteiger partial charge on any atom is -0.347 e. The van der Waals surface area contributed by atoms with Gasteiger partial charge in [-0.2, -0.15) is 0 Å². The molecule has 0 radical (unpaired) electrons. The highest BCUT2D eigenvalue weighted by atomic mass is 16.1. The Morgan fingerprint density at radius 1 is 1.19 bits per heavy atom. The molecule has 0 aliphatic rings. The second-order valence-corrected chi connectivity index (χ2v) is 3.98. The lowest BCUT2D eigenvalue weighted by Gasteiger charge is -2.06. The maximum absolute atomic E-state index is 11.3. The van der Waals surface area contributed by atoms with Crippen LogP contribution < -0.4 is 0 Å². The molecular formula is C14H15NO. The lowest BCUT2D eigenvalue weighted by atomic mass is 10.2. The van der Waals surface area contributed by atoms with Crippen molar-refractivity contribution in [1.29, 1.82) is 0 Å². The first-order valence-corrected chi connectivity index (χ1v) is 5.39. The highest BCUT2D eigenvalue weighted by molar-refractivity contribution is 5.95. The van der Waals surface area contributed by atoms with E-state index in [1.807, 2.05) is 37.4 Å². The Hall–Kier alpha value is -1.83. The summed E-state index contributed by atoms with van der Waals surface area (Å²) in [4.78, 5) is 11.3. The van der Waals surface area contributed by atoms with Crippen molar-refractivity contribution >= 4 is 5.78 Å². The van der Waals surface area contributed by atoms with E-state index < -0.39 is 0 Å². The summed E-state index contributed by atoms with van der Waals surface area (Å²) in [7, 11) is 0. The van der Waals surface area contributed by atoms with Gasteiger partial charge in [-0.3, -0.25) is 4.79 Å². The Balaban J connectivity index is 2.26. The topological polar surface area (TPSA) is 22.0 Å². The predicted octanol–water partition coefficient (Wildman–Crippen LogP) is 3.05. The monoisotopic (exact) mass is 213 g/mol. The van der Waals surface area contributed by atoms with Gasteiger partial charge in [0.25, 0.3) is 0 Å². The number of carbonyl (C=O) groups is 1. The minimum atomic E-state index is 0.129. The lowest BCUT2D eigenvalue weighted by molar-refractivity contribution is 0.101. The Labute approximate surface area is 95.5 Å². The number of nitrogens with zero attached hydrogens (tertiary/aromatic N) is 1. The molecule has 2 rings (SSSR count). The van der Waals surface area contributed by atoms with Crippen molar-refractivity contribution in [1.82, 2.24) is 4.57 Å². The average molecular weight is 213 g/mol. The molecule has 1 heterocycles. The summed E-state index contributed by atoms with van der Waals surface area (Å²) in [6.07, 6.45) is 1.97. The standard InChI is InChI=1S/C14H15NO/c1-11-14(12(2)16)8-9-15(11)10-13-6-4-3-5-7-13/h3-9H,10H2,1-2H3. The van der Waals surface area contributed by atoms with E-state index in [1.54, 1.807) is 6.92 Å². The highest BCUT2D eigenvalue weighted by Crippen LogP contribution is 2.13. The molecular weight excluding hydrogens is 198 g/mol. The van der Waals surface area contributed by atoms with E-state index in [-0.39, 0.29) is 5.78 Å². The maximum atomic E-state index is 11.3. The van der Waals surface area contributed by atoms with Gasteiger partial charge in [-0.1, -0.05) is 30.3 Å². The summed E-state index contributed by atoms with van der Waals surface area (Å²) < 4.78 is 2.10. The van der Waals surface area contributed by atoms with Gasteiger partial charge in [-0.25, -0.2) is 0 Å². The van der Waals surface area contributed by atoms with Crippen LogP contribution in [0.25, 0.3) is 0 Å². The van der Waals surface area contributed by atoms with Gasteiger partial charge < -0.3 is 4.57 Å². The number of hydrogen-bond donors (Lipinski definition) is 0. The molecule has 1 aromatic carbocycles. The molecule has 0 amide bonds. The van der Waals surface area contributed by atoms with Gasteiger partial charge in [0.15, 0.2) is 5.78 Å². The molecule has 16 heavy (non-hydrogen) atoms. The Kier molecular flexibility index (Phi) is 2.91. The van der Waals surface area contributed by atoms with E-state index in [1.165, 1.54) is 5.56 Å². The van der Waals surface area contributed by atoms with Crippen LogP contribution in [-0.4, -0.2) is 10.4 Å². The fourth-order valence-electron chi connectivity index (χ4n) is 1.88. The van der Waals surface area contributed by atoms with Gasteiger partial charge in [0.2, 0.25) is 0 Å². The molecule has 82 valence electrons. The normalized spacial score (nSPS) is 10.4. The van der Waals surface area contributed by atoms with Gasteiger partial charge in [0.1, 0.15) is 0 Å². The van der Waals surface area contributed by atoms with Crippen molar-refractivity contribution in [2.75, 3.05) is 0 Å². The molecule has 0 aliphatic carbocycles. The van der Waals surface area contributed by atoms with Crippen molar-refractivity contribution < 1.29 is 4.79 Å². The van der Waals surface area contributed by atoms with Crippen LogP contribution in [0.4, 0.5) is 0 Å². The summed E-state index contributed by atoms with van der Waals surface area (Å²) in [6.45, 7) is 4.41. The summed E-state index contributed by atoms with van der Waals surface area (Å²) in [5, 5.41) is 0. The first-order valence-electron chi connectivity index (χ1n) is 5.39. The van der Waals surface area contributed by atoms with Crippen LogP contribution in [0.5, 0.6) is 0 Å². The van der Waals surface area contributed by atoms with Crippen molar-refractivity contribution in [3.8, 4) is 0 Å². The van der Waals surface area contributed by atoms with Gasteiger partial charge in [-0.15, -0.1) is 0 Å². The average Bonchev–Trinajstić information content (AvgIpc) is 2.62. The van der Waals surface area contributed by atoms with Crippen LogP contribution >= 0.6 is 0 Å². The van der Waals surface area contributed by atoms with E-state index in [4.69, 9.17) is 0 Å². The smallest absolute Gasteiger partial charge is 0.161 e. The fraction of sp³-hybridized carbons (Fsp3) is 0.214. The number of Topliss-reactive ketones (excluding diaryl/α,β-unsaturated/α-hetero) is 1. The first-order chi connectivity index (χ1) is 7.68. The molecule has 0 spiro atoms. The maximum Gasteiger partial charge on any atom is 0.161 e. The van der Waals surface area contributed by atoms with Crippen molar-refractivity contribution in [2.24, 2.45) is 0 Å². The molecule has 0 aliphatic heterocycles. The molecule has 2 heteroatoms. The molecule has 0 atom stereocenters. The van der Waals surface area contributed by atoms with Crippen LogP contribution in [0.2, 0.25) is 0 Å². The third-order valence-corrected chi connectivity index (χ3v) is 2.82. The molecule has 0 saturated carbocycles. The van der Waals surface area contributed by atoms with E-state index in [0.717, 1.165) is 17.8 Å². The Morgan fingerprint density at radius 2 is 1.88 bits per heavy atom. The van der Waals surface area contributed by atoms with Crippen LogP contribution in [0, 0.1) is 6.92 Å². The van der Waals surface area contributed by atoms with Crippen molar-refractivity contribution in [3.05, 3.63) is 59.4 Å². The predicted molar refractivity (Wildman–Crippen MR) is 64.7 cm³/mol. The van der Waals surface area contributed by atoms with Gasteiger partial charge in [-0.05, 0) is 25.5 Å². The summed E-state index contributed by atoms with van der Waals surface area (Å²) >= 11 is 0. The fourth-order valence-corrected chi connectivity index (χ4v) is 1.88. The van der Waals surface area contributed by atoms with Crippen LogP contribution in [0.15, 0.2) is 42.6 Å². The van der Waals surface area contributed by atoms with Gasteiger partial charge in [0, 0.05) is 24.0 Å². The molecule has 2 aromatic rings. The van der Waals surface area contributed by atoms with E-state index >= 15 is 0 Å². The van der Waals surface area contributed by atoms with Crippen LogP contribution in [0.1, 0.15) is 28.5 Å². The molecule has 0 N–H and O–H groups in total. The Morgan fingerprint density at radius 3 is 2.44 bits per heavy atom. The summed E-state index contributed by atoms with van der Waals surface area (Å²) in [5.74, 6) is 0.129. The number of aromatic nitrogens is 1. The van der Waals surface area contributed by atoms with Crippen molar-refractivity contribution in [3.63, 3.8) is 0 Å². The molecule has 0 saturated heterocycles. The number of rotatable bonds is 3. The summed E-state index contributed by atoms with van der Waals surface area (Å²) in [5.41, 5.74) is 3.10. The lowest BCUT2D eigenvalue weighted by Crippen LogP contribution is -2.02. The number of hydrogen-bond acceptors (Lipinski definition) is 1. The molecule has 0 bridgehead atoms. The van der Waals surface area contributed by atoms with Crippen molar-refractivity contribution in [2.45, 2.75) is 20.4 Å². The second kappa shape index (κ2) is 4.35. The zero-order chi connectivity index (χ0) is 11.5. The highest BCUT2D eigenvalue weighted by Gasteiger charge is 2.08. The zero-order valence-electron chi connectivity index (χ0n) is 9.60. The largest absolute Gasteiger partial charge is 0.347 e. The van der Waals surface area contributed by atoms with Crippen LogP contribution in [0.3, 0.4) is 0 Å². The minimum absolute atomic E-state index is 0.129. The zero-order valence-corrected chi connectivity index (χ0v) is 9.60. The second-order valence-electron chi connectivity index (χ2n) is 3.98. The number of ketones is 1. The molecule has 0 unspecified atom stereocenters. The Bertz CT molecular complexity index is 497. The van der Waals surface area contributed by atoms with Crippen LogP contribution in [-0.2, 0) is 6.54 Å². The third-order valence-electron chi connectivity index (χ3n) is 2.82. The SMILES string of the molecule is CC(=O)c1ccn(Cc2ccccc2)c1C. The van der Waals surface area contributed by atoms with E-state index in [9.17, 15) is 4.79 Å². The number of carbonyl (C=O) groups excluding carboxylic acids is 1. The first kappa shape index (κ1) is 10.7. The number of benzene rings is 1. The van der Waals surface area contributed by atoms with E-state index in [2.05, 4.69) is 16.7 Å². The van der Waals surface area contributed by atoms with E-state index in [0.29, 0.717) is 0 Å². The van der Waals surface area contributed by atoms with Gasteiger partial charge >= 0.3 is 0 Å². The molecule has 1 aromatic heterocycles. The third kappa shape index (κ3) is 2.06.